The van der Waals surface area contributed by atoms with Gasteiger partial charge in [-0.05, 0) is 50.8 Å². The van der Waals surface area contributed by atoms with E-state index in [0.717, 1.165) is 12.8 Å². The number of rotatable bonds is 5. The van der Waals surface area contributed by atoms with Gasteiger partial charge < -0.3 is 4.74 Å². The minimum atomic E-state index is -3.50. The van der Waals surface area contributed by atoms with Crippen LogP contribution in [0.3, 0.4) is 0 Å². The normalized spacial score (nSPS) is 26.1. The fraction of sp³-hybridized carbons (Fsp3) is 0.625. The molecule has 1 aliphatic rings. The molecule has 4 nitrogen and oxygen atoms in total. The van der Waals surface area contributed by atoms with Crippen LogP contribution in [-0.4, -0.2) is 26.8 Å². The molecule has 1 fully saturated rings. The van der Waals surface area contributed by atoms with Crippen LogP contribution in [0.25, 0.3) is 0 Å². The predicted molar refractivity (Wildman–Crippen MR) is 85.2 cm³/mol. The zero-order chi connectivity index (χ0) is 16.4. The van der Waals surface area contributed by atoms with Crippen LogP contribution in [0.1, 0.15) is 45.1 Å². The first-order chi connectivity index (χ1) is 10.3. The van der Waals surface area contributed by atoms with Crippen LogP contribution in [0.15, 0.2) is 24.3 Å². The van der Waals surface area contributed by atoms with Crippen LogP contribution >= 0.6 is 0 Å². The average Bonchev–Trinajstić information content (AvgIpc) is 2.49. The molecule has 1 saturated carbocycles. The van der Waals surface area contributed by atoms with Gasteiger partial charge in [0.15, 0.2) is 5.67 Å². The van der Waals surface area contributed by atoms with Gasteiger partial charge in [0.2, 0.25) is 10.0 Å². The van der Waals surface area contributed by atoms with Crippen molar-refractivity contribution in [2.75, 3.05) is 7.11 Å². The van der Waals surface area contributed by atoms with Gasteiger partial charge in [-0.15, -0.1) is 0 Å². The Hall–Kier alpha value is -1.14. The van der Waals surface area contributed by atoms with E-state index in [2.05, 4.69) is 4.72 Å². The van der Waals surface area contributed by atoms with Crippen molar-refractivity contribution in [1.82, 2.24) is 4.72 Å². The number of nitrogens with one attached hydrogen (secondary N) is 1. The molecule has 0 aliphatic heterocycles. The number of halogens is 1. The molecule has 2 rings (SSSR count). The Labute approximate surface area is 132 Å². The first-order valence-electron chi connectivity index (χ1n) is 7.64. The lowest BCUT2D eigenvalue weighted by molar-refractivity contribution is 0.0712. The minimum absolute atomic E-state index is 0.324. The van der Waals surface area contributed by atoms with Gasteiger partial charge in [-0.25, -0.2) is 17.5 Å². The molecule has 2 atom stereocenters. The van der Waals surface area contributed by atoms with Gasteiger partial charge in [0.1, 0.15) is 5.75 Å². The smallest absolute Gasteiger partial charge is 0.214 e. The lowest BCUT2D eigenvalue weighted by atomic mass is 9.77. The van der Waals surface area contributed by atoms with E-state index in [1.165, 1.54) is 0 Å². The maximum Gasteiger partial charge on any atom is 0.214 e. The van der Waals surface area contributed by atoms with Crippen LogP contribution in [-0.2, 0) is 15.7 Å². The molecular weight excluding hydrogens is 305 g/mol. The highest BCUT2D eigenvalue weighted by Crippen LogP contribution is 2.41. The number of hydrogen-bond donors (Lipinski definition) is 1. The van der Waals surface area contributed by atoms with Crippen molar-refractivity contribution in [3.8, 4) is 5.75 Å². The van der Waals surface area contributed by atoms with Crippen molar-refractivity contribution in [2.45, 2.75) is 56.5 Å². The van der Waals surface area contributed by atoms with E-state index in [4.69, 9.17) is 4.74 Å². The maximum atomic E-state index is 15.6. The number of benzene rings is 1. The summed E-state index contributed by atoms with van der Waals surface area (Å²) in [5.41, 5.74) is -1.17. The molecule has 0 radical (unpaired) electrons. The lowest BCUT2D eigenvalue weighted by Gasteiger charge is -2.38. The van der Waals surface area contributed by atoms with Gasteiger partial charge in [-0.2, -0.15) is 0 Å². The standard InChI is InChI=1S/C16H24FNO3S/c1-12(2)22(19,20)18-15-6-4-5-11-16(15,17)13-7-9-14(21-3)10-8-13/h7-10,12,15,18H,4-6,11H2,1-3H3/t15-,16+/m0/s1. The summed E-state index contributed by atoms with van der Waals surface area (Å²) < 4.78 is 47.5. The van der Waals surface area contributed by atoms with Gasteiger partial charge in [-0.3, -0.25) is 0 Å². The van der Waals surface area contributed by atoms with Crippen molar-refractivity contribution in [1.29, 1.82) is 0 Å². The Kier molecular flexibility index (Phi) is 5.12. The summed E-state index contributed by atoms with van der Waals surface area (Å²) in [5.74, 6) is 0.655. The molecule has 22 heavy (non-hydrogen) atoms. The van der Waals surface area contributed by atoms with Crippen LogP contribution < -0.4 is 9.46 Å². The molecule has 1 aromatic carbocycles. The summed E-state index contributed by atoms with van der Waals surface area (Å²) in [6.07, 6.45) is 2.41. The van der Waals surface area contributed by atoms with Crippen molar-refractivity contribution in [2.24, 2.45) is 0 Å². The number of methoxy groups -OCH3 is 1. The Bertz CT molecular complexity index is 600. The molecule has 124 valence electrons. The summed E-state index contributed by atoms with van der Waals surface area (Å²) in [4.78, 5) is 0. The molecule has 0 amide bonds. The third-order valence-electron chi connectivity index (χ3n) is 4.33. The second-order valence-corrected chi connectivity index (χ2v) is 8.37. The van der Waals surface area contributed by atoms with Crippen LogP contribution in [0, 0.1) is 0 Å². The van der Waals surface area contributed by atoms with Gasteiger partial charge in [0, 0.05) is 0 Å². The highest BCUT2D eigenvalue weighted by atomic mass is 32.2. The molecule has 1 aliphatic carbocycles. The van der Waals surface area contributed by atoms with Crippen LogP contribution in [0.2, 0.25) is 0 Å². The summed E-state index contributed by atoms with van der Waals surface area (Å²) >= 11 is 0. The van der Waals surface area contributed by atoms with E-state index >= 15 is 4.39 Å². The summed E-state index contributed by atoms with van der Waals surface area (Å²) in [7, 11) is -1.95. The average molecular weight is 329 g/mol. The topological polar surface area (TPSA) is 55.4 Å². The monoisotopic (exact) mass is 329 g/mol. The molecule has 1 aromatic rings. The molecule has 0 aromatic heterocycles. The van der Waals surface area contributed by atoms with Crippen LogP contribution in [0.4, 0.5) is 4.39 Å². The van der Waals surface area contributed by atoms with E-state index < -0.39 is 27.0 Å². The molecule has 0 spiro atoms. The maximum absolute atomic E-state index is 15.6. The fourth-order valence-electron chi connectivity index (χ4n) is 2.83. The SMILES string of the molecule is COc1ccc([C@]2(F)CCCC[C@@H]2NS(=O)(=O)C(C)C)cc1. The summed E-state index contributed by atoms with van der Waals surface area (Å²) in [6.45, 7) is 3.19. The molecule has 1 N–H and O–H groups in total. The number of hydrogen-bond acceptors (Lipinski definition) is 3. The van der Waals surface area contributed by atoms with Crippen molar-refractivity contribution in [3.63, 3.8) is 0 Å². The zero-order valence-electron chi connectivity index (χ0n) is 13.3. The fourth-order valence-corrected chi connectivity index (χ4v) is 3.81. The number of ether oxygens (including phenoxy) is 1. The van der Waals surface area contributed by atoms with Gasteiger partial charge in [-0.1, -0.05) is 18.6 Å². The van der Waals surface area contributed by atoms with E-state index in [9.17, 15) is 8.42 Å². The molecule has 0 bridgehead atoms. The lowest BCUT2D eigenvalue weighted by Crippen LogP contribution is -2.51. The van der Waals surface area contributed by atoms with Gasteiger partial charge in [0.25, 0.3) is 0 Å². The van der Waals surface area contributed by atoms with Crippen molar-refractivity contribution in [3.05, 3.63) is 29.8 Å². The highest BCUT2D eigenvalue weighted by Gasteiger charge is 2.44. The second kappa shape index (κ2) is 6.54. The number of sulfonamides is 1. The molecular formula is C16H24FNO3S. The van der Waals surface area contributed by atoms with E-state index in [1.807, 2.05) is 0 Å². The van der Waals surface area contributed by atoms with Gasteiger partial charge >= 0.3 is 0 Å². The zero-order valence-corrected chi connectivity index (χ0v) is 14.1. The summed E-state index contributed by atoms with van der Waals surface area (Å²) in [6, 6.07) is 6.06. The molecule has 0 heterocycles. The Morgan fingerprint density at radius 1 is 1.27 bits per heavy atom. The largest absolute Gasteiger partial charge is 0.497 e. The van der Waals surface area contributed by atoms with Crippen molar-refractivity contribution >= 4 is 10.0 Å². The first kappa shape index (κ1) is 17.2. The number of alkyl halides is 1. The predicted octanol–water partition coefficient (Wildman–Crippen LogP) is 3.13. The highest BCUT2D eigenvalue weighted by molar-refractivity contribution is 7.90. The minimum Gasteiger partial charge on any atom is -0.497 e. The van der Waals surface area contributed by atoms with E-state index in [1.54, 1.807) is 45.2 Å². The van der Waals surface area contributed by atoms with Crippen LogP contribution in [0.5, 0.6) is 5.75 Å². The molecule has 0 saturated heterocycles. The summed E-state index contributed by atoms with van der Waals surface area (Å²) in [5, 5.41) is -0.574. The van der Waals surface area contributed by atoms with E-state index in [-0.39, 0.29) is 0 Å². The van der Waals surface area contributed by atoms with Crippen molar-refractivity contribution < 1.29 is 17.5 Å². The third-order valence-corrected chi connectivity index (χ3v) is 6.19. The quantitative estimate of drug-likeness (QED) is 0.903. The first-order valence-corrected chi connectivity index (χ1v) is 9.19. The molecule has 6 heteroatoms. The Morgan fingerprint density at radius 3 is 2.45 bits per heavy atom. The van der Waals surface area contributed by atoms with Gasteiger partial charge in [0.05, 0.1) is 18.4 Å². The third kappa shape index (κ3) is 3.43. The Balaban J connectivity index is 2.31. The Morgan fingerprint density at radius 2 is 1.91 bits per heavy atom. The second-order valence-electron chi connectivity index (χ2n) is 6.10. The molecule has 0 unspecified atom stereocenters. The van der Waals surface area contributed by atoms with E-state index in [0.29, 0.717) is 24.2 Å².